The fourth-order valence-electron chi connectivity index (χ4n) is 5.85. The molecule has 0 aromatic rings. The topological polar surface area (TPSA) is 98.7 Å². The van der Waals surface area contributed by atoms with E-state index in [1.807, 2.05) is 13.8 Å². The van der Waals surface area contributed by atoms with Crippen molar-refractivity contribution in [3.8, 4) is 0 Å². The molecule has 0 aromatic carbocycles. The molecule has 3 rings (SSSR count). The molecular formula is C21H35N3O4S. The summed E-state index contributed by atoms with van der Waals surface area (Å²) in [7, 11) is 1.60. The van der Waals surface area contributed by atoms with Crippen LogP contribution in [0.4, 0.5) is 0 Å². The van der Waals surface area contributed by atoms with Gasteiger partial charge in [-0.2, -0.15) is 0 Å². The second-order valence-electron chi connectivity index (χ2n) is 9.03. The highest BCUT2D eigenvalue weighted by Gasteiger charge is 2.77. The minimum Gasteiger partial charge on any atom is -0.394 e. The molecule has 3 saturated heterocycles. The largest absolute Gasteiger partial charge is 0.394 e. The van der Waals surface area contributed by atoms with E-state index >= 15 is 0 Å². The molecule has 3 N–H and O–H groups in total. The predicted molar refractivity (Wildman–Crippen MR) is 113 cm³/mol. The monoisotopic (exact) mass is 425 g/mol. The Morgan fingerprint density at radius 2 is 2.00 bits per heavy atom. The van der Waals surface area contributed by atoms with Crippen molar-refractivity contribution in [2.45, 2.75) is 87.4 Å². The van der Waals surface area contributed by atoms with Crippen molar-refractivity contribution < 1.29 is 19.5 Å². The molecule has 0 aliphatic carbocycles. The lowest BCUT2D eigenvalue weighted by molar-refractivity contribution is -0.143. The first-order chi connectivity index (χ1) is 13.7. The van der Waals surface area contributed by atoms with Crippen molar-refractivity contribution >= 4 is 29.5 Å². The summed E-state index contributed by atoms with van der Waals surface area (Å²) in [6.45, 7) is 7.84. The number of nitrogens with one attached hydrogen (secondary N) is 2. The SMILES string of the molecule is CCCC(C)NC(=O)C1N([C@@H](CC)CO)C(=O)[C@@H]2[C@@H](C(=O)NC)[C@@]3(C)CCC12S3. The Morgan fingerprint density at radius 1 is 1.31 bits per heavy atom. The van der Waals surface area contributed by atoms with Gasteiger partial charge in [0.15, 0.2) is 0 Å². The first kappa shape index (κ1) is 22.4. The van der Waals surface area contributed by atoms with Gasteiger partial charge in [0.2, 0.25) is 17.7 Å². The van der Waals surface area contributed by atoms with Gasteiger partial charge in [0.1, 0.15) is 6.04 Å². The number of aliphatic hydroxyl groups excluding tert-OH is 1. The number of carbonyl (C=O) groups excluding carboxylic acids is 3. The summed E-state index contributed by atoms with van der Waals surface area (Å²) >= 11 is 1.66. The number of likely N-dealkylation sites (tertiary alicyclic amines) is 1. The Morgan fingerprint density at radius 3 is 2.55 bits per heavy atom. The van der Waals surface area contributed by atoms with Crippen LogP contribution in [-0.2, 0) is 14.4 Å². The molecule has 3 aliphatic rings. The van der Waals surface area contributed by atoms with Gasteiger partial charge >= 0.3 is 0 Å². The van der Waals surface area contributed by atoms with E-state index in [2.05, 4.69) is 24.5 Å². The Hall–Kier alpha value is -1.28. The molecule has 7 nitrogen and oxygen atoms in total. The highest BCUT2D eigenvalue weighted by atomic mass is 32.2. The third-order valence-electron chi connectivity index (χ3n) is 7.18. The van der Waals surface area contributed by atoms with Gasteiger partial charge in [0.05, 0.1) is 29.2 Å². The predicted octanol–water partition coefficient (Wildman–Crippen LogP) is 1.29. The maximum atomic E-state index is 13.7. The van der Waals surface area contributed by atoms with Crippen molar-refractivity contribution in [1.82, 2.24) is 15.5 Å². The standard InChI is InChI=1S/C21H35N3O4S/c1-6-8-12(3)23-18(27)16-21-10-9-20(4,29-21)14(17(26)22-5)15(21)19(28)24(16)13(7-2)11-25/h12-16,25H,6-11H2,1-5H3,(H,22,26)(H,23,27)/t12?,13-,14-,15-,16?,20+,21?/m0/s1. The number of fused-ring (bicyclic) bond motifs is 1. The minimum atomic E-state index is -0.655. The molecule has 8 heteroatoms. The number of thioether (sulfide) groups is 1. The van der Waals surface area contributed by atoms with Crippen molar-refractivity contribution in [2.75, 3.05) is 13.7 Å². The quantitative estimate of drug-likeness (QED) is 0.544. The highest BCUT2D eigenvalue weighted by Crippen LogP contribution is 2.71. The fraction of sp³-hybridized carbons (Fsp3) is 0.857. The van der Waals surface area contributed by atoms with E-state index < -0.39 is 28.7 Å². The maximum Gasteiger partial charge on any atom is 0.244 e. The van der Waals surface area contributed by atoms with Gasteiger partial charge in [0, 0.05) is 17.8 Å². The number of rotatable bonds is 8. The summed E-state index contributed by atoms with van der Waals surface area (Å²) < 4.78 is -0.956. The number of hydrogen-bond acceptors (Lipinski definition) is 5. The number of nitrogens with zero attached hydrogens (tertiary/aromatic N) is 1. The molecule has 2 bridgehead atoms. The molecule has 3 heterocycles. The summed E-state index contributed by atoms with van der Waals surface area (Å²) in [5.41, 5.74) is 0. The average Bonchev–Trinajstić information content (AvgIpc) is 3.24. The Kier molecular flexibility index (Phi) is 6.26. The van der Waals surface area contributed by atoms with Gasteiger partial charge < -0.3 is 20.6 Å². The molecule has 3 amide bonds. The van der Waals surface area contributed by atoms with Crippen LogP contribution in [0, 0.1) is 11.8 Å². The smallest absolute Gasteiger partial charge is 0.244 e. The van der Waals surface area contributed by atoms with Crippen LogP contribution < -0.4 is 10.6 Å². The third-order valence-corrected chi connectivity index (χ3v) is 9.16. The van der Waals surface area contributed by atoms with Crippen LogP contribution in [0.25, 0.3) is 0 Å². The molecule has 0 radical (unpaired) electrons. The lowest BCUT2D eigenvalue weighted by Crippen LogP contribution is -2.57. The van der Waals surface area contributed by atoms with E-state index in [1.165, 1.54) is 0 Å². The maximum absolute atomic E-state index is 13.7. The van der Waals surface area contributed by atoms with E-state index in [9.17, 15) is 19.5 Å². The number of carbonyl (C=O) groups is 3. The number of hydrogen-bond donors (Lipinski definition) is 3. The van der Waals surface area contributed by atoms with Crippen molar-refractivity contribution in [3.63, 3.8) is 0 Å². The second kappa shape index (κ2) is 8.10. The van der Waals surface area contributed by atoms with Gasteiger partial charge in [-0.3, -0.25) is 14.4 Å². The van der Waals surface area contributed by atoms with Crippen LogP contribution in [0.3, 0.4) is 0 Å². The Balaban J connectivity index is 2.05. The molecule has 29 heavy (non-hydrogen) atoms. The van der Waals surface area contributed by atoms with Crippen LogP contribution in [0.5, 0.6) is 0 Å². The minimum absolute atomic E-state index is 0.0167. The fourth-order valence-corrected chi connectivity index (χ4v) is 8.20. The van der Waals surface area contributed by atoms with E-state index in [1.54, 1.807) is 23.7 Å². The van der Waals surface area contributed by atoms with Crippen molar-refractivity contribution in [3.05, 3.63) is 0 Å². The Bertz CT molecular complexity index is 685. The molecule has 1 spiro atoms. The lowest BCUT2D eigenvalue weighted by atomic mass is 9.66. The summed E-state index contributed by atoms with van der Waals surface area (Å²) in [6.07, 6.45) is 3.92. The van der Waals surface area contributed by atoms with Crippen molar-refractivity contribution in [1.29, 1.82) is 0 Å². The summed E-state index contributed by atoms with van der Waals surface area (Å²) in [5.74, 6) is -1.41. The zero-order valence-corrected chi connectivity index (χ0v) is 19.0. The Labute approximate surface area is 177 Å². The van der Waals surface area contributed by atoms with Crippen LogP contribution in [0.2, 0.25) is 0 Å². The van der Waals surface area contributed by atoms with E-state index in [-0.39, 0.29) is 35.1 Å². The summed E-state index contributed by atoms with van der Waals surface area (Å²) in [5, 5.41) is 15.8. The van der Waals surface area contributed by atoms with Gasteiger partial charge in [-0.15, -0.1) is 11.8 Å². The third kappa shape index (κ3) is 3.26. The van der Waals surface area contributed by atoms with E-state index in [4.69, 9.17) is 0 Å². The van der Waals surface area contributed by atoms with Crippen LogP contribution >= 0.6 is 11.8 Å². The molecule has 3 fully saturated rings. The zero-order valence-electron chi connectivity index (χ0n) is 18.2. The molecule has 3 aliphatic heterocycles. The summed E-state index contributed by atoms with van der Waals surface area (Å²) in [6, 6.07) is -1.06. The van der Waals surface area contributed by atoms with Gasteiger partial charge in [0.25, 0.3) is 0 Å². The molecule has 3 unspecified atom stereocenters. The number of amides is 3. The lowest BCUT2D eigenvalue weighted by Gasteiger charge is -2.37. The summed E-state index contributed by atoms with van der Waals surface area (Å²) in [4.78, 5) is 41.6. The van der Waals surface area contributed by atoms with E-state index in [0.29, 0.717) is 6.42 Å². The first-order valence-electron chi connectivity index (χ1n) is 10.9. The molecule has 7 atom stereocenters. The van der Waals surface area contributed by atoms with E-state index in [0.717, 1.165) is 25.7 Å². The molecular weight excluding hydrogens is 390 g/mol. The zero-order chi connectivity index (χ0) is 21.6. The average molecular weight is 426 g/mol. The van der Waals surface area contributed by atoms with Gasteiger partial charge in [-0.1, -0.05) is 20.3 Å². The van der Waals surface area contributed by atoms with Crippen LogP contribution in [0.1, 0.15) is 59.8 Å². The van der Waals surface area contributed by atoms with Crippen LogP contribution in [-0.4, -0.2) is 69.0 Å². The second-order valence-corrected chi connectivity index (χ2v) is 10.9. The molecule has 0 aromatic heterocycles. The van der Waals surface area contributed by atoms with Crippen LogP contribution in [0.15, 0.2) is 0 Å². The highest BCUT2D eigenvalue weighted by molar-refractivity contribution is 8.02. The van der Waals surface area contributed by atoms with Gasteiger partial charge in [-0.05, 0) is 39.5 Å². The van der Waals surface area contributed by atoms with Gasteiger partial charge in [-0.25, -0.2) is 0 Å². The molecule has 164 valence electrons. The first-order valence-corrected chi connectivity index (χ1v) is 11.7. The number of aliphatic hydroxyl groups is 1. The molecule has 0 saturated carbocycles. The normalized spacial score (nSPS) is 37.4. The van der Waals surface area contributed by atoms with Crippen molar-refractivity contribution in [2.24, 2.45) is 11.8 Å².